The molecule has 0 aromatic carbocycles. The van der Waals surface area contributed by atoms with Crippen LogP contribution in [0.1, 0.15) is 0 Å². The van der Waals surface area contributed by atoms with E-state index in [1.807, 2.05) is 0 Å². The molecule has 160 valence electrons. The van der Waals surface area contributed by atoms with Crippen molar-refractivity contribution in [2.24, 2.45) is 0 Å². The van der Waals surface area contributed by atoms with Crippen molar-refractivity contribution < 1.29 is 69.2 Å². The molecular formula is C12H21CaO14P. The molecule has 0 bridgehead atoms. The van der Waals surface area contributed by atoms with Crippen LogP contribution >= 0.6 is 7.82 Å². The van der Waals surface area contributed by atoms with Gasteiger partial charge < -0.3 is 60.1 Å². The van der Waals surface area contributed by atoms with Crippen LogP contribution in [0.5, 0.6) is 0 Å². The number of aliphatic hydroxyl groups excluding tert-OH is 6. The summed E-state index contributed by atoms with van der Waals surface area (Å²) in [4.78, 5) is 18.4. The van der Waals surface area contributed by atoms with E-state index in [4.69, 9.17) is 9.47 Å². The number of aliphatic hydroxyl groups is 6. The van der Waals surface area contributed by atoms with Crippen LogP contribution in [0.4, 0.5) is 0 Å². The van der Waals surface area contributed by atoms with Gasteiger partial charge in [0.15, 0.2) is 5.60 Å². The Hall–Kier alpha value is 0.970. The molecule has 16 heteroatoms. The van der Waals surface area contributed by atoms with Crippen LogP contribution in [0.3, 0.4) is 0 Å². The first kappa shape index (κ1) is 27.0. The van der Waals surface area contributed by atoms with Gasteiger partial charge in [-0.2, -0.15) is 0 Å². The third-order valence-corrected chi connectivity index (χ3v) is 5.21. The van der Waals surface area contributed by atoms with Crippen LogP contribution in [0.2, 0.25) is 0 Å². The van der Waals surface area contributed by atoms with Gasteiger partial charge in [-0.15, -0.1) is 6.10 Å². The molecule has 0 spiro atoms. The zero-order valence-electron chi connectivity index (χ0n) is 14.3. The molecule has 2 rings (SSSR count). The number of phosphoric acid groups is 1. The molecule has 28 heavy (non-hydrogen) atoms. The predicted molar refractivity (Wildman–Crippen MR) is 80.9 cm³/mol. The molecule has 0 amide bonds. The fourth-order valence-corrected chi connectivity index (χ4v) is 4.00. The Bertz CT molecular complexity index is 575. The van der Waals surface area contributed by atoms with Crippen LogP contribution in [-0.4, -0.2) is 152 Å². The second-order valence-corrected chi connectivity index (χ2v) is 7.45. The predicted octanol–water partition coefficient (Wildman–Crippen LogP) is -7.53. The van der Waals surface area contributed by atoms with Crippen LogP contribution < -0.4 is 10.2 Å². The molecule has 0 unspecified atom stereocenters. The second-order valence-electron chi connectivity index (χ2n) is 6.29. The average Bonchev–Trinajstić information content (AvgIpc) is 2.86. The Morgan fingerprint density at radius 1 is 0.964 bits per heavy atom. The second kappa shape index (κ2) is 9.63. The molecule has 0 aromatic heterocycles. The molecule has 0 aromatic rings. The normalized spacial score (nSPS) is 47.0. The van der Waals surface area contributed by atoms with Crippen molar-refractivity contribution in [1.29, 1.82) is 0 Å². The van der Waals surface area contributed by atoms with Crippen molar-refractivity contribution in [3.63, 3.8) is 0 Å². The van der Waals surface area contributed by atoms with Crippen molar-refractivity contribution in [1.82, 2.24) is 0 Å². The third-order valence-electron chi connectivity index (χ3n) is 4.70. The minimum Gasteiger partial charge on any atom is -0.851 e. The molecule has 14 nitrogen and oxygen atoms in total. The summed E-state index contributed by atoms with van der Waals surface area (Å²) in [5.74, 6) is -3.44. The largest absolute Gasteiger partial charge is 2.00 e. The standard InChI is InChI=1S/C12H21O14P.Ca/c13-1-4-6(16)8(18)10(20)12(25-4,26-27(21,22)23)11(3-15)9(19)7(17)5(2-14)24-11;/h4-10,13-17,19H,1-3H2,(H2,21,22,23);/q-2;+2/t4-,5-,6-,7-,8+,9+,10-,11+,12+;/m1./s1. The number of rotatable bonds is 6. The minimum atomic E-state index is -5.68. The minimum absolute atomic E-state index is 0. The third kappa shape index (κ3) is 4.31. The summed E-state index contributed by atoms with van der Waals surface area (Å²) in [5.41, 5.74) is -2.94. The molecule has 8 N–H and O–H groups in total. The Balaban J connectivity index is 0.00000392. The molecule has 9 atom stereocenters. The van der Waals surface area contributed by atoms with Gasteiger partial charge in [-0.25, -0.2) is 4.57 Å². The monoisotopic (exact) mass is 460 g/mol. The van der Waals surface area contributed by atoms with E-state index in [9.17, 15) is 55.2 Å². The summed E-state index contributed by atoms with van der Waals surface area (Å²) >= 11 is 0. The summed E-state index contributed by atoms with van der Waals surface area (Å²) in [7, 11) is -5.68. The number of hydrogen-bond donors (Lipinski definition) is 8. The molecule has 0 saturated carbocycles. The molecule has 2 heterocycles. The summed E-state index contributed by atoms with van der Waals surface area (Å²) in [6.45, 7) is -3.52. The van der Waals surface area contributed by atoms with Gasteiger partial charge in [0.25, 0.3) is 0 Å². The Kier molecular flexibility index (Phi) is 9.28. The topological polar surface area (TPSA) is 253 Å². The average molecular weight is 460 g/mol. The van der Waals surface area contributed by atoms with Gasteiger partial charge in [-0.1, -0.05) is 6.10 Å². The maximum Gasteiger partial charge on any atom is 2.00 e. The molecule has 0 aliphatic carbocycles. The Morgan fingerprint density at radius 3 is 1.86 bits per heavy atom. The number of ether oxygens (including phenoxy) is 2. The summed E-state index contributed by atoms with van der Waals surface area (Å²) < 4.78 is 26.0. The first-order valence-electron chi connectivity index (χ1n) is 7.71. The Morgan fingerprint density at radius 2 is 1.46 bits per heavy atom. The fourth-order valence-electron chi connectivity index (χ4n) is 3.34. The van der Waals surface area contributed by atoms with Gasteiger partial charge in [-0.05, 0) is 0 Å². The quantitative estimate of drug-likeness (QED) is 0.135. The van der Waals surface area contributed by atoms with Crippen LogP contribution in [0, 0.1) is 0 Å². The van der Waals surface area contributed by atoms with E-state index >= 15 is 0 Å². The summed E-state index contributed by atoms with van der Waals surface area (Å²) in [5, 5.41) is 83.3. The molecule has 2 aliphatic heterocycles. The fraction of sp³-hybridized carbons (Fsp3) is 1.00. The van der Waals surface area contributed by atoms with E-state index in [1.165, 1.54) is 0 Å². The van der Waals surface area contributed by atoms with Crippen LogP contribution in [0.25, 0.3) is 0 Å². The van der Waals surface area contributed by atoms with E-state index < -0.39 is 81.8 Å². The smallest absolute Gasteiger partial charge is 0.851 e. The van der Waals surface area contributed by atoms with Crippen LogP contribution in [-0.2, 0) is 18.6 Å². The van der Waals surface area contributed by atoms with E-state index in [0.717, 1.165) is 0 Å². The first-order valence-corrected chi connectivity index (χ1v) is 9.24. The molecule has 2 saturated heterocycles. The maximum absolute atomic E-state index is 12.7. The van der Waals surface area contributed by atoms with E-state index in [0.29, 0.717) is 0 Å². The first-order chi connectivity index (χ1) is 12.4. The van der Waals surface area contributed by atoms with Gasteiger partial charge in [0, 0.05) is 0 Å². The van der Waals surface area contributed by atoms with Crippen molar-refractivity contribution in [3.8, 4) is 0 Å². The molecule has 2 fully saturated rings. The number of hydrogen-bond acceptors (Lipinski definition) is 12. The number of phosphoric ester groups is 1. The van der Waals surface area contributed by atoms with E-state index in [-0.39, 0.29) is 37.7 Å². The molecule has 0 radical (unpaired) electrons. The SMILES string of the molecule is O=P(O)(O)O[C@@]1([C@@]2(CO)O[C@H](CO)[C@@H](O)[C@@H]2O)O[C@H](CO)[C@@H](O)[C@H]([O-])[C@H]1[O-].[Ca+2]. The van der Waals surface area contributed by atoms with Gasteiger partial charge in [-0.3, -0.25) is 4.52 Å². The summed E-state index contributed by atoms with van der Waals surface area (Å²) in [6.07, 6.45) is -15.5. The van der Waals surface area contributed by atoms with Gasteiger partial charge in [0.2, 0.25) is 5.79 Å². The van der Waals surface area contributed by atoms with Crippen molar-refractivity contribution in [2.45, 2.75) is 54.1 Å². The van der Waals surface area contributed by atoms with Crippen molar-refractivity contribution in [3.05, 3.63) is 0 Å². The van der Waals surface area contributed by atoms with Crippen LogP contribution in [0.15, 0.2) is 0 Å². The Labute approximate surface area is 188 Å². The van der Waals surface area contributed by atoms with Crippen molar-refractivity contribution in [2.75, 3.05) is 19.8 Å². The van der Waals surface area contributed by atoms with Gasteiger partial charge in [0.1, 0.15) is 24.4 Å². The van der Waals surface area contributed by atoms with Gasteiger partial charge >= 0.3 is 45.6 Å². The van der Waals surface area contributed by atoms with Crippen molar-refractivity contribution >= 4 is 45.6 Å². The molecular weight excluding hydrogens is 439 g/mol. The zero-order chi connectivity index (χ0) is 20.8. The summed E-state index contributed by atoms with van der Waals surface area (Å²) in [6, 6.07) is 0. The zero-order valence-corrected chi connectivity index (χ0v) is 17.4. The molecule has 2 aliphatic rings. The maximum atomic E-state index is 12.7. The van der Waals surface area contributed by atoms with Gasteiger partial charge in [0.05, 0.1) is 25.9 Å². The van der Waals surface area contributed by atoms with E-state index in [2.05, 4.69) is 4.52 Å². The van der Waals surface area contributed by atoms with E-state index in [1.54, 1.807) is 0 Å².